The Morgan fingerprint density at radius 1 is 0.886 bits per heavy atom. The molecule has 1 aliphatic rings. The number of nitrogens with one attached hydrogen (secondary N) is 2. The van der Waals surface area contributed by atoms with Gasteiger partial charge in [-0.25, -0.2) is 4.90 Å². The third-order valence-corrected chi connectivity index (χ3v) is 6.74. The average molecular weight is 550 g/mol. The van der Waals surface area contributed by atoms with Crippen molar-refractivity contribution in [3.63, 3.8) is 0 Å². The molecule has 1 heterocycles. The van der Waals surface area contributed by atoms with Gasteiger partial charge < -0.3 is 10.6 Å². The first-order chi connectivity index (χ1) is 16.8. The van der Waals surface area contributed by atoms with Gasteiger partial charge in [0.25, 0.3) is 11.8 Å². The van der Waals surface area contributed by atoms with Gasteiger partial charge in [-0.2, -0.15) is 0 Å². The molecule has 0 saturated heterocycles. The van der Waals surface area contributed by atoms with Crippen molar-refractivity contribution >= 4 is 62.5 Å². The zero-order valence-electron chi connectivity index (χ0n) is 19.2. The van der Waals surface area contributed by atoms with Crippen molar-refractivity contribution in [1.82, 2.24) is 0 Å². The highest BCUT2D eigenvalue weighted by molar-refractivity contribution is 9.10. The minimum atomic E-state index is -0.413. The fourth-order valence-electron chi connectivity index (χ4n) is 3.51. The summed E-state index contributed by atoms with van der Waals surface area (Å²) in [6.45, 7) is 3.98. The van der Waals surface area contributed by atoms with E-state index in [-0.39, 0.29) is 23.4 Å². The number of rotatable bonds is 8. The molecule has 0 atom stereocenters. The summed E-state index contributed by atoms with van der Waals surface area (Å²) in [5, 5.41) is 6.02. The van der Waals surface area contributed by atoms with Crippen LogP contribution in [0.5, 0.6) is 0 Å². The zero-order valence-corrected chi connectivity index (χ0v) is 21.7. The van der Waals surface area contributed by atoms with Crippen LogP contribution in [-0.2, 0) is 14.4 Å². The number of halogens is 1. The van der Waals surface area contributed by atoms with Gasteiger partial charge in [0.05, 0.1) is 5.69 Å². The van der Waals surface area contributed by atoms with E-state index in [2.05, 4.69) is 26.6 Å². The summed E-state index contributed by atoms with van der Waals surface area (Å²) in [4.78, 5) is 41.1. The maximum atomic E-state index is 13.4. The van der Waals surface area contributed by atoms with E-state index in [1.165, 1.54) is 16.7 Å². The minimum absolute atomic E-state index is 0.0424. The quantitative estimate of drug-likeness (QED) is 0.317. The molecule has 0 radical (unpaired) electrons. The number of carbonyl (C=O) groups is 3. The topological polar surface area (TPSA) is 78.5 Å². The Morgan fingerprint density at radius 3 is 2.14 bits per heavy atom. The summed E-state index contributed by atoms with van der Waals surface area (Å²) in [6.07, 6.45) is 0.445. The number of imide groups is 1. The van der Waals surface area contributed by atoms with E-state index in [1.807, 2.05) is 56.3 Å². The standard InChI is InChI=1S/C27H24BrN3O3S/c1-17(2)16-23(32)29-19-12-14-22(15-13-19)35-25-24(30-20-10-8-18(28)9-11-20)26(33)31(27(25)34)21-6-4-3-5-7-21/h3-15,17,30H,16H2,1-2H3,(H,29,32). The van der Waals surface area contributed by atoms with E-state index in [4.69, 9.17) is 0 Å². The molecular weight excluding hydrogens is 526 g/mol. The Balaban J connectivity index is 1.61. The predicted molar refractivity (Wildman–Crippen MR) is 144 cm³/mol. The van der Waals surface area contributed by atoms with E-state index in [9.17, 15) is 14.4 Å². The van der Waals surface area contributed by atoms with Crippen LogP contribution in [0.15, 0.2) is 98.8 Å². The lowest BCUT2D eigenvalue weighted by Gasteiger charge is -2.15. The number of carbonyl (C=O) groups excluding carboxylic acids is 3. The lowest BCUT2D eigenvalue weighted by atomic mass is 10.1. The van der Waals surface area contributed by atoms with Gasteiger partial charge >= 0.3 is 0 Å². The maximum Gasteiger partial charge on any atom is 0.283 e. The molecule has 0 bridgehead atoms. The molecule has 1 aliphatic heterocycles. The van der Waals surface area contributed by atoms with E-state index in [1.54, 1.807) is 36.4 Å². The smallest absolute Gasteiger partial charge is 0.283 e. The third-order valence-electron chi connectivity index (χ3n) is 5.12. The van der Waals surface area contributed by atoms with Crippen molar-refractivity contribution in [3.8, 4) is 0 Å². The fraction of sp³-hybridized carbons (Fsp3) is 0.148. The van der Waals surface area contributed by atoms with E-state index in [0.29, 0.717) is 28.4 Å². The van der Waals surface area contributed by atoms with Crippen molar-refractivity contribution in [1.29, 1.82) is 0 Å². The number of amides is 3. The molecule has 0 aromatic heterocycles. The van der Waals surface area contributed by atoms with Crippen LogP contribution in [0.4, 0.5) is 17.1 Å². The summed E-state index contributed by atoms with van der Waals surface area (Å²) in [5.41, 5.74) is 2.11. The van der Waals surface area contributed by atoms with Gasteiger partial charge in [-0.05, 0) is 66.6 Å². The number of para-hydroxylation sites is 1. The molecule has 0 saturated carbocycles. The second-order valence-electron chi connectivity index (χ2n) is 8.39. The van der Waals surface area contributed by atoms with Crippen LogP contribution >= 0.6 is 27.7 Å². The van der Waals surface area contributed by atoms with Gasteiger partial charge in [-0.3, -0.25) is 14.4 Å². The molecule has 178 valence electrons. The lowest BCUT2D eigenvalue weighted by molar-refractivity contribution is -0.120. The van der Waals surface area contributed by atoms with Crippen LogP contribution in [0.1, 0.15) is 20.3 Å². The summed E-state index contributed by atoms with van der Waals surface area (Å²) >= 11 is 4.62. The van der Waals surface area contributed by atoms with Gasteiger partial charge in [-0.1, -0.05) is 59.7 Å². The number of nitrogens with zero attached hydrogens (tertiary/aromatic N) is 1. The molecule has 3 aromatic rings. The first-order valence-corrected chi connectivity index (χ1v) is 12.7. The zero-order chi connectivity index (χ0) is 24.9. The van der Waals surface area contributed by atoms with Gasteiger partial charge in [0.15, 0.2) is 0 Å². The molecule has 8 heteroatoms. The lowest BCUT2D eigenvalue weighted by Crippen LogP contribution is -2.32. The SMILES string of the molecule is CC(C)CC(=O)Nc1ccc(SC2=C(Nc3ccc(Br)cc3)C(=O)N(c3ccccc3)C2=O)cc1. The second kappa shape index (κ2) is 10.9. The van der Waals surface area contributed by atoms with E-state index >= 15 is 0 Å². The Bertz CT molecular complexity index is 1270. The predicted octanol–water partition coefficient (Wildman–Crippen LogP) is 6.42. The van der Waals surface area contributed by atoms with Crippen LogP contribution in [-0.4, -0.2) is 17.7 Å². The highest BCUT2D eigenvalue weighted by Crippen LogP contribution is 2.38. The molecule has 0 spiro atoms. The highest BCUT2D eigenvalue weighted by atomic mass is 79.9. The van der Waals surface area contributed by atoms with Crippen molar-refractivity contribution in [2.45, 2.75) is 25.2 Å². The Kier molecular flexibility index (Phi) is 7.73. The Morgan fingerprint density at radius 2 is 1.51 bits per heavy atom. The van der Waals surface area contributed by atoms with Gasteiger partial charge in [0.2, 0.25) is 5.91 Å². The van der Waals surface area contributed by atoms with Crippen LogP contribution in [0, 0.1) is 5.92 Å². The van der Waals surface area contributed by atoms with E-state index < -0.39 is 5.91 Å². The summed E-state index contributed by atoms with van der Waals surface area (Å²) in [6, 6.07) is 23.5. The van der Waals surface area contributed by atoms with Crippen LogP contribution < -0.4 is 15.5 Å². The van der Waals surface area contributed by atoms with Crippen molar-refractivity contribution in [2.24, 2.45) is 5.92 Å². The molecular formula is C27H24BrN3O3S. The second-order valence-corrected chi connectivity index (χ2v) is 10.4. The number of hydrogen-bond acceptors (Lipinski definition) is 5. The molecule has 3 aromatic carbocycles. The minimum Gasteiger partial charge on any atom is -0.350 e. The molecule has 4 rings (SSSR count). The molecule has 2 N–H and O–H groups in total. The molecule has 6 nitrogen and oxygen atoms in total. The summed E-state index contributed by atoms with van der Waals surface area (Å²) < 4.78 is 0.909. The van der Waals surface area contributed by atoms with Crippen LogP contribution in [0.3, 0.4) is 0 Å². The number of thioether (sulfide) groups is 1. The first-order valence-electron chi connectivity index (χ1n) is 11.1. The molecule has 0 unspecified atom stereocenters. The van der Waals surface area contributed by atoms with Gasteiger partial charge in [0.1, 0.15) is 10.6 Å². The van der Waals surface area contributed by atoms with Crippen molar-refractivity contribution in [2.75, 3.05) is 15.5 Å². The van der Waals surface area contributed by atoms with Crippen molar-refractivity contribution in [3.05, 3.63) is 93.9 Å². The molecule has 0 fully saturated rings. The Hall–Kier alpha value is -3.36. The van der Waals surface area contributed by atoms with Crippen LogP contribution in [0.2, 0.25) is 0 Å². The maximum absolute atomic E-state index is 13.4. The number of anilines is 3. The number of benzene rings is 3. The third kappa shape index (κ3) is 6.01. The highest BCUT2D eigenvalue weighted by Gasteiger charge is 2.40. The molecule has 3 amide bonds. The van der Waals surface area contributed by atoms with Gasteiger partial charge in [-0.15, -0.1) is 0 Å². The normalized spacial score (nSPS) is 13.5. The first kappa shape index (κ1) is 24.8. The Labute approximate surface area is 216 Å². The van der Waals surface area contributed by atoms with Crippen molar-refractivity contribution < 1.29 is 14.4 Å². The number of hydrogen-bond donors (Lipinski definition) is 2. The fourth-order valence-corrected chi connectivity index (χ4v) is 4.70. The summed E-state index contributed by atoms with van der Waals surface area (Å²) in [7, 11) is 0. The molecule has 35 heavy (non-hydrogen) atoms. The monoisotopic (exact) mass is 549 g/mol. The van der Waals surface area contributed by atoms with Crippen LogP contribution in [0.25, 0.3) is 0 Å². The average Bonchev–Trinajstić information content (AvgIpc) is 3.05. The summed E-state index contributed by atoms with van der Waals surface area (Å²) in [5.74, 6) is -0.574. The molecule has 0 aliphatic carbocycles. The van der Waals surface area contributed by atoms with Gasteiger partial charge in [0, 0.05) is 27.2 Å². The largest absolute Gasteiger partial charge is 0.350 e. The van der Waals surface area contributed by atoms with E-state index in [0.717, 1.165) is 9.37 Å².